The Hall–Kier alpha value is -2.99. The van der Waals surface area contributed by atoms with Crippen molar-refractivity contribution in [1.82, 2.24) is 5.32 Å². The first-order chi connectivity index (χ1) is 14.2. The maximum atomic E-state index is 12.5. The number of carbonyl (C=O) groups excluding carboxylic acids is 2. The van der Waals surface area contributed by atoms with Crippen molar-refractivity contribution >= 4 is 23.6 Å². The number of ether oxygens (including phenoxy) is 1. The van der Waals surface area contributed by atoms with E-state index in [1.807, 2.05) is 42.5 Å². The minimum absolute atomic E-state index is 0.137. The van der Waals surface area contributed by atoms with E-state index in [0.29, 0.717) is 24.1 Å². The highest BCUT2D eigenvalue weighted by atomic mass is 32.2. The van der Waals surface area contributed by atoms with Gasteiger partial charge in [0.25, 0.3) is 5.91 Å². The molecule has 1 aliphatic rings. The van der Waals surface area contributed by atoms with Crippen LogP contribution in [0.3, 0.4) is 0 Å². The van der Waals surface area contributed by atoms with Crippen LogP contribution in [0, 0.1) is 0 Å². The van der Waals surface area contributed by atoms with E-state index < -0.39 is 0 Å². The van der Waals surface area contributed by atoms with Crippen molar-refractivity contribution in [3.8, 4) is 0 Å². The molecule has 2 aromatic carbocycles. The molecule has 0 aliphatic carbocycles. The lowest BCUT2D eigenvalue weighted by molar-refractivity contribution is 0.0252. The Kier molecular flexibility index (Phi) is 6.00. The first-order valence-corrected chi connectivity index (χ1v) is 10.6. The van der Waals surface area contributed by atoms with Crippen molar-refractivity contribution in [3.63, 3.8) is 0 Å². The van der Waals surface area contributed by atoms with Crippen LogP contribution < -0.4 is 5.32 Å². The molecule has 29 heavy (non-hydrogen) atoms. The van der Waals surface area contributed by atoms with Crippen LogP contribution in [0.5, 0.6) is 0 Å². The minimum atomic E-state index is -0.346. The number of rotatable bonds is 7. The third-order valence-corrected chi connectivity index (χ3v) is 5.75. The van der Waals surface area contributed by atoms with E-state index in [1.54, 1.807) is 36.2 Å². The summed E-state index contributed by atoms with van der Waals surface area (Å²) in [5.41, 5.74) is 2.88. The number of fused-ring (bicyclic) bond motifs is 1. The van der Waals surface area contributed by atoms with Crippen molar-refractivity contribution in [2.45, 2.75) is 18.3 Å². The Balaban J connectivity index is 1.35. The molecule has 1 N–H and O–H groups in total. The van der Waals surface area contributed by atoms with Crippen LogP contribution in [0.15, 0.2) is 71.3 Å². The van der Waals surface area contributed by atoms with Gasteiger partial charge in [-0.1, -0.05) is 30.3 Å². The second-order valence-corrected chi connectivity index (χ2v) is 7.87. The van der Waals surface area contributed by atoms with Gasteiger partial charge in [-0.3, -0.25) is 4.79 Å². The number of hydrogen-bond acceptors (Lipinski definition) is 5. The van der Waals surface area contributed by atoms with Gasteiger partial charge in [0.1, 0.15) is 11.9 Å². The summed E-state index contributed by atoms with van der Waals surface area (Å²) in [6.07, 6.45) is 1.89. The van der Waals surface area contributed by atoms with Crippen LogP contribution in [0.25, 0.3) is 0 Å². The monoisotopic (exact) mass is 407 g/mol. The first kappa shape index (κ1) is 19.3. The molecule has 1 aromatic heterocycles. The van der Waals surface area contributed by atoms with Crippen LogP contribution >= 0.6 is 11.8 Å². The summed E-state index contributed by atoms with van der Waals surface area (Å²) in [5, 5.41) is 2.93. The Morgan fingerprint density at radius 2 is 1.97 bits per heavy atom. The van der Waals surface area contributed by atoms with Crippen LogP contribution in [0.2, 0.25) is 0 Å². The smallest absolute Gasteiger partial charge is 0.339 e. The number of thioether (sulfide) groups is 1. The molecule has 0 bridgehead atoms. The van der Waals surface area contributed by atoms with Crippen LogP contribution in [-0.4, -0.2) is 24.2 Å². The van der Waals surface area contributed by atoms with Gasteiger partial charge < -0.3 is 14.5 Å². The highest BCUT2D eigenvalue weighted by Gasteiger charge is 2.28. The van der Waals surface area contributed by atoms with Gasteiger partial charge in [-0.2, -0.15) is 11.8 Å². The average molecular weight is 407 g/mol. The summed E-state index contributed by atoms with van der Waals surface area (Å²) in [4.78, 5) is 24.9. The molecule has 6 heteroatoms. The van der Waals surface area contributed by atoms with Crippen molar-refractivity contribution in [1.29, 1.82) is 0 Å². The fourth-order valence-electron chi connectivity index (χ4n) is 3.30. The van der Waals surface area contributed by atoms with Crippen molar-refractivity contribution in [3.05, 3.63) is 94.9 Å². The van der Waals surface area contributed by atoms with Gasteiger partial charge in [-0.25, -0.2) is 4.79 Å². The number of hydrogen-bond donors (Lipinski definition) is 1. The summed E-state index contributed by atoms with van der Waals surface area (Å²) in [7, 11) is 0. The predicted octanol–water partition coefficient (Wildman–Crippen LogP) is 4.40. The molecular formula is C23H21NO4S. The molecule has 1 unspecified atom stereocenters. The number of esters is 1. The minimum Gasteiger partial charge on any atom is -0.468 e. The average Bonchev–Trinajstić information content (AvgIpc) is 3.27. The lowest BCUT2D eigenvalue weighted by atomic mass is 9.93. The zero-order valence-corrected chi connectivity index (χ0v) is 16.6. The summed E-state index contributed by atoms with van der Waals surface area (Å²) in [6, 6.07) is 18.6. The quantitative estimate of drug-likeness (QED) is 0.464. The summed E-state index contributed by atoms with van der Waals surface area (Å²) < 4.78 is 10.9. The topological polar surface area (TPSA) is 68.5 Å². The molecule has 0 radical (unpaired) electrons. The Bertz CT molecular complexity index is 985. The molecule has 2 heterocycles. The highest BCUT2D eigenvalue weighted by Crippen LogP contribution is 2.31. The van der Waals surface area contributed by atoms with E-state index in [4.69, 9.17) is 9.15 Å². The van der Waals surface area contributed by atoms with Crippen LogP contribution in [-0.2, 0) is 16.9 Å². The first-order valence-electron chi connectivity index (χ1n) is 9.48. The number of cyclic esters (lactones) is 1. The van der Waals surface area contributed by atoms with Gasteiger partial charge in [-0.15, -0.1) is 0 Å². The maximum absolute atomic E-state index is 12.5. The molecule has 4 rings (SSSR count). The number of amides is 1. The zero-order chi connectivity index (χ0) is 20.1. The summed E-state index contributed by atoms with van der Waals surface area (Å²) in [5.74, 6) is 2.02. The van der Waals surface area contributed by atoms with Gasteiger partial charge in [0, 0.05) is 24.3 Å². The standard InChI is InChI=1S/C23H21NO4S/c25-22(24-10-12-29-15-19-7-4-11-27-19)17-8-9-20-18(13-17)14-21(28-23(20)26)16-5-2-1-3-6-16/h1-9,11,13,21H,10,12,14-15H2,(H,24,25). The van der Waals surface area contributed by atoms with Crippen molar-refractivity contribution < 1.29 is 18.7 Å². The highest BCUT2D eigenvalue weighted by molar-refractivity contribution is 7.98. The molecule has 148 valence electrons. The largest absolute Gasteiger partial charge is 0.468 e. The maximum Gasteiger partial charge on any atom is 0.339 e. The molecule has 0 saturated carbocycles. The fraction of sp³-hybridized carbons (Fsp3) is 0.217. The van der Waals surface area contributed by atoms with Gasteiger partial charge in [0.15, 0.2) is 0 Å². The van der Waals surface area contributed by atoms with Gasteiger partial charge in [0.05, 0.1) is 17.6 Å². The molecule has 0 saturated heterocycles. The van der Waals surface area contributed by atoms with E-state index >= 15 is 0 Å². The Morgan fingerprint density at radius 1 is 1.10 bits per heavy atom. The van der Waals surface area contributed by atoms with Gasteiger partial charge >= 0.3 is 5.97 Å². The Labute approximate surface area is 173 Å². The SMILES string of the molecule is O=C(NCCSCc1ccco1)c1ccc2c(c1)CC(c1ccccc1)OC2=O. The predicted molar refractivity (Wildman–Crippen MR) is 112 cm³/mol. The summed E-state index contributed by atoms with van der Waals surface area (Å²) in [6.45, 7) is 0.565. The van der Waals surface area contributed by atoms with Gasteiger partial charge in [-0.05, 0) is 41.5 Å². The van der Waals surface area contributed by atoms with Crippen LogP contribution in [0.1, 0.15) is 43.7 Å². The van der Waals surface area contributed by atoms with E-state index in [2.05, 4.69) is 5.32 Å². The summed E-state index contributed by atoms with van der Waals surface area (Å²) >= 11 is 1.70. The number of carbonyl (C=O) groups is 2. The molecule has 5 nitrogen and oxygen atoms in total. The van der Waals surface area contributed by atoms with Gasteiger partial charge in [0.2, 0.25) is 0 Å². The number of benzene rings is 2. The molecule has 1 atom stereocenters. The van der Waals surface area contributed by atoms with E-state index in [9.17, 15) is 9.59 Å². The molecule has 3 aromatic rings. The van der Waals surface area contributed by atoms with Crippen molar-refractivity contribution in [2.24, 2.45) is 0 Å². The molecule has 0 fully saturated rings. The second-order valence-electron chi connectivity index (χ2n) is 6.77. The zero-order valence-electron chi connectivity index (χ0n) is 15.8. The lowest BCUT2D eigenvalue weighted by Crippen LogP contribution is -2.27. The molecule has 0 spiro atoms. The third kappa shape index (κ3) is 4.71. The second kappa shape index (κ2) is 9.01. The van der Waals surface area contributed by atoms with E-state index in [0.717, 1.165) is 28.4 Å². The van der Waals surface area contributed by atoms with Crippen molar-refractivity contribution in [2.75, 3.05) is 12.3 Å². The molecule has 1 amide bonds. The number of furan rings is 1. The van der Waals surface area contributed by atoms with Crippen LogP contribution in [0.4, 0.5) is 0 Å². The lowest BCUT2D eigenvalue weighted by Gasteiger charge is -2.25. The third-order valence-electron chi connectivity index (χ3n) is 4.77. The van der Waals surface area contributed by atoms with E-state index in [1.165, 1.54) is 0 Å². The molecular weight excluding hydrogens is 386 g/mol. The number of nitrogens with one attached hydrogen (secondary N) is 1. The normalized spacial score (nSPS) is 15.4. The molecule has 1 aliphatic heterocycles. The van der Waals surface area contributed by atoms with E-state index in [-0.39, 0.29) is 18.0 Å². The fourth-order valence-corrected chi connectivity index (χ4v) is 4.05. The Morgan fingerprint density at radius 3 is 2.76 bits per heavy atom.